The zero-order chi connectivity index (χ0) is 17.4. The van der Waals surface area contributed by atoms with Gasteiger partial charge in [0, 0.05) is 18.2 Å². The van der Waals surface area contributed by atoms with Crippen LogP contribution in [0, 0.1) is 5.92 Å². The fourth-order valence-electron chi connectivity index (χ4n) is 3.21. The van der Waals surface area contributed by atoms with Gasteiger partial charge in [0.2, 0.25) is 0 Å². The maximum absolute atomic E-state index is 9.99. The van der Waals surface area contributed by atoms with E-state index >= 15 is 0 Å². The quantitative estimate of drug-likeness (QED) is 0.551. The van der Waals surface area contributed by atoms with Crippen molar-refractivity contribution in [3.63, 3.8) is 0 Å². The maximum Gasteiger partial charge on any atom is 0.191 e. The fourth-order valence-corrected chi connectivity index (χ4v) is 3.21. The summed E-state index contributed by atoms with van der Waals surface area (Å²) in [6, 6.07) is 5.72. The summed E-state index contributed by atoms with van der Waals surface area (Å²) in [5, 5.41) is 16.8. The second kappa shape index (κ2) is 9.40. The molecule has 3 N–H and O–H groups in total. The average Bonchev–Trinajstić information content (AvgIpc) is 2.61. The normalized spacial score (nSPS) is 21.4. The predicted molar refractivity (Wildman–Crippen MR) is 98.6 cm³/mol. The number of benzene rings is 1. The fraction of sp³-hybridized carbons (Fsp3) is 0.632. The highest BCUT2D eigenvalue weighted by atomic mass is 16.5. The van der Waals surface area contributed by atoms with Crippen molar-refractivity contribution in [2.24, 2.45) is 10.9 Å². The van der Waals surface area contributed by atoms with Crippen LogP contribution in [0.5, 0.6) is 11.5 Å². The molecule has 1 aromatic carbocycles. The van der Waals surface area contributed by atoms with Gasteiger partial charge in [-0.1, -0.05) is 13.3 Å². The molecule has 0 saturated heterocycles. The van der Waals surface area contributed by atoms with Crippen LogP contribution in [0.25, 0.3) is 0 Å². The van der Waals surface area contributed by atoms with Crippen LogP contribution in [0.3, 0.4) is 0 Å². The number of hydrogen-bond acceptors (Lipinski definition) is 3. The third-order valence-corrected chi connectivity index (χ3v) is 4.80. The molecule has 24 heavy (non-hydrogen) atoms. The monoisotopic (exact) mass is 333 g/mol. The minimum Gasteiger partial charge on any atom is -0.508 e. The van der Waals surface area contributed by atoms with Gasteiger partial charge in [-0.25, -0.2) is 4.99 Å². The van der Waals surface area contributed by atoms with E-state index in [0.717, 1.165) is 29.7 Å². The van der Waals surface area contributed by atoms with Gasteiger partial charge in [-0.2, -0.15) is 0 Å². The number of rotatable bonds is 6. The van der Waals surface area contributed by atoms with E-state index in [9.17, 15) is 5.11 Å². The van der Waals surface area contributed by atoms with Gasteiger partial charge >= 0.3 is 0 Å². The number of methoxy groups -OCH3 is 1. The van der Waals surface area contributed by atoms with Gasteiger partial charge in [-0.15, -0.1) is 0 Å². The summed E-state index contributed by atoms with van der Waals surface area (Å²) in [7, 11) is 1.62. The Morgan fingerprint density at radius 2 is 2.00 bits per heavy atom. The number of aliphatic imine (C=N–C) groups is 1. The van der Waals surface area contributed by atoms with Crippen LogP contribution in [-0.2, 0) is 6.54 Å². The Morgan fingerprint density at radius 3 is 2.62 bits per heavy atom. The number of guanidine groups is 1. The molecular weight excluding hydrogens is 302 g/mol. The molecule has 1 aliphatic carbocycles. The van der Waals surface area contributed by atoms with Crippen molar-refractivity contribution < 1.29 is 9.84 Å². The number of nitrogens with zero attached hydrogens (tertiary/aromatic N) is 1. The number of phenols is 1. The molecule has 0 unspecified atom stereocenters. The molecular formula is C19H31N3O2. The van der Waals surface area contributed by atoms with Crippen molar-refractivity contribution in [2.45, 2.75) is 58.5 Å². The first-order chi connectivity index (χ1) is 11.7. The van der Waals surface area contributed by atoms with Gasteiger partial charge in [-0.05, 0) is 56.7 Å². The molecule has 134 valence electrons. The average molecular weight is 333 g/mol. The minimum atomic E-state index is 0.249. The van der Waals surface area contributed by atoms with Crippen molar-refractivity contribution in [2.75, 3.05) is 13.7 Å². The van der Waals surface area contributed by atoms with Crippen LogP contribution < -0.4 is 15.4 Å². The molecule has 0 spiro atoms. The molecule has 0 radical (unpaired) electrons. The van der Waals surface area contributed by atoms with Crippen LogP contribution in [0.4, 0.5) is 0 Å². The van der Waals surface area contributed by atoms with Crippen LogP contribution >= 0.6 is 0 Å². The number of aromatic hydroxyl groups is 1. The lowest BCUT2D eigenvalue weighted by Crippen LogP contribution is -2.44. The molecule has 0 atom stereocenters. The standard InChI is InChI=1S/C19H31N3O2/c1-4-14-6-8-16(9-7-14)22-19(20-5-2)21-13-15-12-17(24-3)10-11-18(15)23/h10-12,14,16,23H,4-9,13H2,1-3H3,(H2,20,21,22). The number of nitrogens with one attached hydrogen (secondary N) is 2. The van der Waals surface area contributed by atoms with E-state index in [4.69, 9.17) is 4.74 Å². The predicted octanol–water partition coefficient (Wildman–Crippen LogP) is 3.42. The van der Waals surface area contributed by atoms with E-state index < -0.39 is 0 Å². The summed E-state index contributed by atoms with van der Waals surface area (Å²) in [6.07, 6.45) is 6.28. The molecule has 0 amide bonds. The summed E-state index contributed by atoms with van der Waals surface area (Å²) >= 11 is 0. The number of phenolic OH excluding ortho intramolecular Hbond substituents is 1. The van der Waals surface area contributed by atoms with Crippen molar-refractivity contribution in [1.29, 1.82) is 0 Å². The van der Waals surface area contributed by atoms with E-state index in [1.165, 1.54) is 32.1 Å². The molecule has 1 aromatic rings. The van der Waals surface area contributed by atoms with Gasteiger partial charge < -0.3 is 20.5 Å². The van der Waals surface area contributed by atoms with Gasteiger partial charge in [0.05, 0.1) is 13.7 Å². The molecule has 1 saturated carbocycles. The SMILES string of the molecule is CCNC(=NCc1cc(OC)ccc1O)NC1CCC(CC)CC1. The molecule has 2 rings (SSSR count). The molecule has 1 aliphatic rings. The van der Waals surface area contributed by atoms with Gasteiger partial charge in [-0.3, -0.25) is 0 Å². The van der Waals surface area contributed by atoms with Gasteiger partial charge in [0.15, 0.2) is 5.96 Å². The first-order valence-corrected chi connectivity index (χ1v) is 9.07. The highest BCUT2D eigenvalue weighted by molar-refractivity contribution is 5.80. The summed E-state index contributed by atoms with van der Waals surface area (Å²) < 4.78 is 5.22. The third-order valence-electron chi connectivity index (χ3n) is 4.80. The summed E-state index contributed by atoms with van der Waals surface area (Å²) in [5.41, 5.74) is 0.765. The zero-order valence-electron chi connectivity index (χ0n) is 15.1. The number of ether oxygens (including phenoxy) is 1. The van der Waals surface area contributed by atoms with Crippen LogP contribution in [0.1, 0.15) is 51.5 Å². The Morgan fingerprint density at radius 1 is 1.25 bits per heavy atom. The second-order valence-corrected chi connectivity index (χ2v) is 6.46. The van der Waals surface area contributed by atoms with E-state index in [2.05, 4.69) is 29.5 Å². The lowest BCUT2D eigenvalue weighted by Gasteiger charge is -2.29. The Labute approximate surface area is 145 Å². The van der Waals surface area contributed by atoms with Crippen molar-refractivity contribution >= 4 is 5.96 Å². The molecule has 0 aliphatic heterocycles. The van der Waals surface area contributed by atoms with Crippen LogP contribution in [0.15, 0.2) is 23.2 Å². The molecule has 0 heterocycles. The Bertz CT molecular complexity index is 537. The maximum atomic E-state index is 9.99. The molecule has 0 bridgehead atoms. The van der Waals surface area contributed by atoms with Crippen LogP contribution in [-0.4, -0.2) is 30.8 Å². The highest BCUT2D eigenvalue weighted by Crippen LogP contribution is 2.26. The van der Waals surface area contributed by atoms with Gasteiger partial charge in [0.25, 0.3) is 0 Å². The van der Waals surface area contributed by atoms with E-state index in [1.54, 1.807) is 19.2 Å². The molecule has 0 aromatic heterocycles. The minimum absolute atomic E-state index is 0.249. The lowest BCUT2D eigenvalue weighted by atomic mass is 9.84. The summed E-state index contributed by atoms with van der Waals surface area (Å²) in [4.78, 5) is 4.63. The van der Waals surface area contributed by atoms with Crippen molar-refractivity contribution in [3.8, 4) is 11.5 Å². The highest BCUT2D eigenvalue weighted by Gasteiger charge is 2.20. The molecule has 5 nitrogen and oxygen atoms in total. The second-order valence-electron chi connectivity index (χ2n) is 6.46. The Hall–Kier alpha value is -1.91. The number of hydrogen-bond donors (Lipinski definition) is 3. The lowest BCUT2D eigenvalue weighted by molar-refractivity contribution is 0.304. The zero-order valence-corrected chi connectivity index (χ0v) is 15.1. The van der Waals surface area contributed by atoms with Crippen molar-refractivity contribution in [1.82, 2.24) is 10.6 Å². The van der Waals surface area contributed by atoms with E-state index in [0.29, 0.717) is 12.6 Å². The first kappa shape index (κ1) is 18.4. The van der Waals surface area contributed by atoms with Gasteiger partial charge in [0.1, 0.15) is 11.5 Å². The summed E-state index contributed by atoms with van der Waals surface area (Å²) in [5.74, 6) is 2.68. The third kappa shape index (κ3) is 5.32. The molecule has 1 fully saturated rings. The van der Waals surface area contributed by atoms with Crippen LogP contribution in [0.2, 0.25) is 0 Å². The molecule has 5 heteroatoms. The summed E-state index contributed by atoms with van der Waals surface area (Å²) in [6.45, 7) is 5.58. The Balaban J connectivity index is 1.98. The van der Waals surface area contributed by atoms with E-state index in [-0.39, 0.29) is 5.75 Å². The smallest absolute Gasteiger partial charge is 0.191 e. The Kier molecular flexibility index (Phi) is 7.22. The largest absolute Gasteiger partial charge is 0.508 e. The topological polar surface area (TPSA) is 65.9 Å². The first-order valence-electron chi connectivity index (χ1n) is 9.07. The van der Waals surface area contributed by atoms with Crippen molar-refractivity contribution in [3.05, 3.63) is 23.8 Å². The van der Waals surface area contributed by atoms with E-state index in [1.807, 2.05) is 6.07 Å².